The molecule has 1 saturated heterocycles. The van der Waals surface area contributed by atoms with Gasteiger partial charge in [-0.3, -0.25) is 9.48 Å². The second kappa shape index (κ2) is 7.23. The normalized spacial score (nSPS) is 19.3. The van der Waals surface area contributed by atoms with Gasteiger partial charge < -0.3 is 10.2 Å². The summed E-state index contributed by atoms with van der Waals surface area (Å²) in [6.07, 6.45) is 6.08. The zero-order valence-electron chi connectivity index (χ0n) is 11.6. The third-order valence-electron chi connectivity index (χ3n) is 3.63. The molecule has 1 unspecified atom stereocenters. The molecule has 1 aromatic rings. The summed E-state index contributed by atoms with van der Waals surface area (Å²) < 4.78 is 1.70. The fourth-order valence-electron chi connectivity index (χ4n) is 2.52. The van der Waals surface area contributed by atoms with Crippen LogP contribution in [0.2, 0.25) is 0 Å². The number of aryl methyl sites for hydroxylation is 1. The number of nitrogens with zero attached hydrogens (tertiary/aromatic N) is 4. The molecule has 106 valence electrons. The lowest BCUT2D eigenvalue weighted by molar-refractivity contribution is -0.132. The number of aromatic nitrogens is 3. The molecule has 2 rings (SSSR count). The van der Waals surface area contributed by atoms with Crippen LogP contribution in [0.3, 0.4) is 0 Å². The van der Waals surface area contributed by atoms with Gasteiger partial charge in [-0.2, -0.15) is 5.10 Å². The van der Waals surface area contributed by atoms with E-state index in [2.05, 4.69) is 15.4 Å². The quantitative estimate of drug-likeness (QED) is 0.814. The largest absolute Gasteiger partial charge is 0.343 e. The summed E-state index contributed by atoms with van der Waals surface area (Å²) in [5.74, 6) is 0.813. The minimum absolute atomic E-state index is 0.212. The number of nitrogens with one attached hydrogen (secondary N) is 1. The Morgan fingerprint density at radius 2 is 2.47 bits per heavy atom. The molecule has 19 heavy (non-hydrogen) atoms. The number of carbonyl (C=O) groups excluding carboxylic acids is 1. The minimum atomic E-state index is 0.212. The standard InChI is InChI=1S/C13H23N5O/c1-2-17(9-12-4-3-6-14-8-12)13(19)5-7-18-11-15-10-16-18/h10-12,14H,2-9H2,1H3. The van der Waals surface area contributed by atoms with Crippen LogP contribution in [-0.2, 0) is 11.3 Å². The third-order valence-corrected chi connectivity index (χ3v) is 3.63. The molecule has 1 aliphatic heterocycles. The van der Waals surface area contributed by atoms with Gasteiger partial charge in [0.25, 0.3) is 0 Å². The maximum atomic E-state index is 12.2. The van der Waals surface area contributed by atoms with Crippen LogP contribution in [-0.4, -0.2) is 51.8 Å². The van der Waals surface area contributed by atoms with Crippen LogP contribution < -0.4 is 5.32 Å². The smallest absolute Gasteiger partial charge is 0.224 e. The van der Waals surface area contributed by atoms with Crippen LogP contribution in [0.15, 0.2) is 12.7 Å². The van der Waals surface area contributed by atoms with Crippen molar-refractivity contribution in [1.82, 2.24) is 25.0 Å². The third kappa shape index (κ3) is 4.31. The molecule has 0 radical (unpaired) electrons. The first-order chi connectivity index (χ1) is 9.29. The number of rotatable bonds is 6. The van der Waals surface area contributed by atoms with E-state index in [0.29, 0.717) is 18.9 Å². The predicted molar refractivity (Wildman–Crippen MR) is 72.5 cm³/mol. The molecule has 1 N–H and O–H groups in total. The van der Waals surface area contributed by atoms with Gasteiger partial charge in [0.15, 0.2) is 0 Å². The molecule has 1 aromatic heterocycles. The van der Waals surface area contributed by atoms with Crippen LogP contribution in [0.4, 0.5) is 0 Å². The molecule has 1 atom stereocenters. The van der Waals surface area contributed by atoms with E-state index in [1.165, 1.54) is 19.2 Å². The van der Waals surface area contributed by atoms with Gasteiger partial charge in [-0.05, 0) is 38.8 Å². The van der Waals surface area contributed by atoms with E-state index in [1.807, 2.05) is 11.8 Å². The second-order valence-electron chi connectivity index (χ2n) is 5.05. The van der Waals surface area contributed by atoms with E-state index in [0.717, 1.165) is 26.2 Å². The van der Waals surface area contributed by atoms with Gasteiger partial charge in [0.1, 0.15) is 12.7 Å². The van der Waals surface area contributed by atoms with Crippen molar-refractivity contribution in [2.45, 2.75) is 32.7 Å². The van der Waals surface area contributed by atoms with Crippen LogP contribution in [0.25, 0.3) is 0 Å². The van der Waals surface area contributed by atoms with Gasteiger partial charge in [0, 0.05) is 19.5 Å². The van der Waals surface area contributed by atoms with E-state index in [9.17, 15) is 4.79 Å². The van der Waals surface area contributed by atoms with Gasteiger partial charge in [0.2, 0.25) is 5.91 Å². The Balaban J connectivity index is 1.77. The highest BCUT2D eigenvalue weighted by molar-refractivity contribution is 5.76. The molecule has 0 saturated carbocycles. The molecule has 0 aliphatic carbocycles. The van der Waals surface area contributed by atoms with Crippen molar-refractivity contribution < 1.29 is 4.79 Å². The first-order valence-corrected chi connectivity index (χ1v) is 7.10. The Bertz CT molecular complexity index is 372. The molecule has 0 bridgehead atoms. The highest BCUT2D eigenvalue weighted by atomic mass is 16.2. The number of carbonyl (C=O) groups is 1. The molecule has 6 nitrogen and oxygen atoms in total. The zero-order valence-corrected chi connectivity index (χ0v) is 11.6. The van der Waals surface area contributed by atoms with Crippen molar-refractivity contribution in [2.24, 2.45) is 5.92 Å². The fraction of sp³-hybridized carbons (Fsp3) is 0.769. The zero-order chi connectivity index (χ0) is 13.5. The summed E-state index contributed by atoms with van der Waals surface area (Å²) in [7, 11) is 0. The van der Waals surface area contributed by atoms with E-state index >= 15 is 0 Å². The van der Waals surface area contributed by atoms with Gasteiger partial charge in [-0.25, -0.2) is 4.98 Å². The van der Waals surface area contributed by atoms with Crippen molar-refractivity contribution in [1.29, 1.82) is 0 Å². The molecule has 2 heterocycles. The van der Waals surface area contributed by atoms with Crippen molar-refractivity contribution in [2.75, 3.05) is 26.2 Å². The number of hydrogen-bond acceptors (Lipinski definition) is 4. The van der Waals surface area contributed by atoms with Crippen LogP contribution in [0.5, 0.6) is 0 Å². The van der Waals surface area contributed by atoms with Crippen molar-refractivity contribution in [3.63, 3.8) is 0 Å². The summed E-state index contributed by atoms with van der Waals surface area (Å²) >= 11 is 0. The lowest BCUT2D eigenvalue weighted by Gasteiger charge is -2.29. The lowest BCUT2D eigenvalue weighted by atomic mass is 9.99. The number of hydrogen-bond donors (Lipinski definition) is 1. The molecule has 1 fully saturated rings. The average molecular weight is 265 g/mol. The molecule has 1 aliphatic rings. The molecular weight excluding hydrogens is 242 g/mol. The number of amides is 1. The van der Waals surface area contributed by atoms with E-state index in [4.69, 9.17) is 0 Å². The van der Waals surface area contributed by atoms with Crippen molar-refractivity contribution >= 4 is 5.91 Å². The van der Waals surface area contributed by atoms with Crippen molar-refractivity contribution in [3.05, 3.63) is 12.7 Å². The Kier molecular flexibility index (Phi) is 5.32. The molecule has 1 amide bonds. The van der Waals surface area contributed by atoms with E-state index < -0.39 is 0 Å². The SMILES string of the molecule is CCN(CC1CCCNC1)C(=O)CCn1cncn1. The average Bonchev–Trinajstić information content (AvgIpc) is 2.96. The van der Waals surface area contributed by atoms with Crippen molar-refractivity contribution in [3.8, 4) is 0 Å². The van der Waals surface area contributed by atoms with Gasteiger partial charge in [-0.1, -0.05) is 0 Å². The van der Waals surface area contributed by atoms with E-state index in [-0.39, 0.29) is 5.91 Å². The van der Waals surface area contributed by atoms with E-state index in [1.54, 1.807) is 11.0 Å². The maximum Gasteiger partial charge on any atom is 0.224 e. The molecular formula is C13H23N5O. The minimum Gasteiger partial charge on any atom is -0.343 e. The topological polar surface area (TPSA) is 63.1 Å². The van der Waals surface area contributed by atoms with Gasteiger partial charge >= 0.3 is 0 Å². The lowest BCUT2D eigenvalue weighted by Crippen LogP contribution is -2.41. The Labute approximate surface area is 114 Å². The predicted octanol–water partition coefficient (Wildman–Crippen LogP) is 0.516. The Morgan fingerprint density at radius 3 is 3.11 bits per heavy atom. The number of piperidine rings is 1. The highest BCUT2D eigenvalue weighted by Crippen LogP contribution is 2.12. The molecule has 0 aromatic carbocycles. The van der Waals surface area contributed by atoms with Crippen LogP contribution in [0.1, 0.15) is 26.2 Å². The second-order valence-corrected chi connectivity index (χ2v) is 5.05. The molecule has 6 heteroatoms. The monoisotopic (exact) mass is 265 g/mol. The molecule has 0 spiro atoms. The first-order valence-electron chi connectivity index (χ1n) is 7.10. The first kappa shape index (κ1) is 14.0. The summed E-state index contributed by atoms with van der Waals surface area (Å²) in [4.78, 5) is 18.0. The summed E-state index contributed by atoms with van der Waals surface area (Å²) in [6, 6.07) is 0. The highest BCUT2D eigenvalue weighted by Gasteiger charge is 2.19. The van der Waals surface area contributed by atoms with Gasteiger partial charge in [-0.15, -0.1) is 0 Å². The van der Waals surface area contributed by atoms with Crippen LogP contribution >= 0.6 is 0 Å². The Morgan fingerprint density at radius 1 is 1.58 bits per heavy atom. The summed E-state index contributed by atoms with van der Waals surface area (Å²) in [5, 5.41) is 7.41. The van der Waals surface area contributed by atoms with Gasteiger partial charge in [0.05, 0.1) is 6.54 Å². The Hall–Kier alpha value is -1.43. The fourth-order valence-corrected chi connectivity index (χ4v) is 2.52. The summed E-state index contributed by atoms with van der Waals surface area (Å²) in [6.45, 7) is 6.46. The van der Waals surface area contributed by atoms with Crippen LogP contribution in [0, 0.1) is 5.92 Å². The maximum absolute atomic E-state index is 12.2. The summed E-state index contributed by atoms with van der Waals surface area (Å²) in [5.41, 5.74) is 0.